The van der Waals surface area contributed by atoms with Gasteiger partial charge in [-0.05, 0) is 59.7 Å². The van der Waals surface area contributed by atoms with Crippen molar-refractivity contribution in [2.75, 3.05) is 7.05 Å². The summed E-state index contributed by atoms with van der Waals surface area (Å²) in [5, 5.41) is 0.925. The molecule has 28 heavy (non-hydrogen) atoms. The molecule has 0 spiro atoms. The zero-order chi connectivity index (χ0) is 19.5. The summed E-state index contributed by atoms with van der Waals surface area (Å²) in [7, 11) is 1.96. The second-order valence-electron chi connectivity index (χ2n) is 8.36. The number of hydrogen-bond donors (Lipinski definition) is 0. The minimum atomic E-state index is -0.326. The van der Waals surface area contributed by atoms with Gasteiger partial charge in [-0.1, -0.05) is 31.2 Å². The third kappa shape index (κ3) is 2.51. The van der Waals surface area contributed by atoms with Gasteiger partial charge in [0.1, 0.15) is 5.58 Å². The smallest absolute Gasteiger partial charge is 0.336 e. The molecule has 1 amide bonds. The SMILES string of the molecule is CN1C(=O)CC[C@]2(C)c3ccc(-c4ccc5oc(=O)ccc5c4)cc3CC[C@@H]12. The molecule has 1 aromatic heterocycles. The summed E-state index contributed by atoms with van der Waals surface area (Å²) in [6.45, 7) is 2.32. The van der Waals surface area contributed by atoms with Gasteiger partial charge in [-0.3, -0.25) is 4.79 Å². The Hall–Kier alpha value is -2.88. The summed E-state index contributed by atoms with van der Waals surface area (Å²) in [6, 6.07) is 16.2. The maximum absolute atomic E-state index is 12.2. The molecule has 2 atom stereocenters. The van der Waals surface area contributed by atoms with Crippen molar-refractivity contribution in [2.24, 2.45) is 0 Å². The lowest BCUT2D eigenvalue weighted by Gasteiger charge is -2.50. The van der Waals surface area contributed by atoms with Crippen molar-refractivity contribution in [3.05, 3.63) is 70.1 Å². The Labute approximate surface area is 163 Å². The van der Waals surface area contributed by atoms with Crippen LogP contribution in [0.1, 0.15) is 37.3 Å². The predicted molar refractivity (Wildman–Crippen MR) is 109 cm³/mol. The zero-order valence-corrected chi connectivity index (χ0v) is 16.2. The number of hydrogen-bond acceptors (Lipinski definition) is 3. The molecule has 2 aromatic carbocycles. The molecule has 1 fully saturated rings. The van der Waals surface area contributed by atoms with Crippen molar-refractivity contribution < 1.29 is 9.21 Å². The highest BCUT2D eigenvalue weighted by Gasteiger charge is 2.46. The summed E-state index contributed by atoms with van der Waals surface area (Å²) < 4.78 is 5.25. The molecule has 0 saturated carbocycles. The van der Waals surface area contributed by atoms with Gasteiger partial charge in [0.15, 0.2) is 0 Å². The number of nitrogens with zero attached hydrogens (tertiary/aromatic N) is 1. The number of likely N-dealkylation sites (N-methyl/N-ethyl adjacent to an activating group) is 1. The Morgan fingerprint density at radius 3 is 2.64 bits per heavy atom. The van der Waals surface area contributed by atoms with Crippen molar-refractivity contribution in [1.82, 2.24) is 4.90 Å². The molecule has 2 heterocycles. The van der Waals surface area contributed by atoms with E-state index in [1.165, 1.54) is 22.8 Å². The number of rotatable bonds is 1. The van der Waals surface area contributed by atoms with E-state index in [4.69, 9.17) is 4.42 Å². The van der Waals surface area contributed by atoms with Crippen LogP contribution in [0, 0.1) is 0 Å². The first-order chi connectivity index (χ1) is 13.5. The molecule has 0 N–H and O–H groups in total. The average molecular weight is 373 g/mol. The van der Waals surface area contributed by atoms with Crippen molar-refractivity contribution in [3.63, 3.8) is 0 Å². The monoisotopic (exact) mass is 373 g/mol. The van der Waals surface area contributed by atoms with Crippen LogP contribution < -0.4 is 5.63 Å². The van der Waals surface area contributed by atoms with Crippen LogP contribution in [0.15, 0.2) is 57.7 Å². The molecule has 1 aliphatic carbocycles. The normalized spacial score (nSPS) is 24.1. The third-order valence-corrected chi connectivity index (χ3v) is 6.81. The lowest BCUT2D eigenvalue weighted by molar-refractivity contribution is -0.138. The van der Waals surface area contributed by atoms with E-state index in [0.29, 0.717) is 12.0 Å². The van der Waals surface area contributed by atoms with E-state index in [1.807, 2.05) is 30.1 Å². The van der Waals surface area contributed by atoms with Gasteiger partial charge in [0.25, 0.3) is 0 Å². The van der Waals surface area contributed by atoms with Crippen molar-refractivity contribution in [3.8, 4) is 11.1 Å². The summed E-state index contributed by atoms with van der Waals surface area (Å²) >= 11 is 0. The van der Waals surface area contributed by atoms with Crippen LogP contribution in [0.2, 0.25) is 0 Å². The molecular weight excluding hydrogens is 350 g/mol. The Morgan fingerprint density at radius 1 is 1.00 bits per heavy atom. The van der Waals surface area contributed by atoms with E-state index in [9.17, 15) is 9.59 Å². The van der Waals surface area contributed by atoms with Crippen molar-refractivity contribution in [2.45, 2.75) is 44.1 Å². The highest BCUT2D eigenvalue weighted by atomic mass is 16.4. The first-order valence-electron chi connectivity index (χ1n) is 9.89. The summed E-state index contributed by atoms with van der Waals surface area (Å²) in [6.07, 6.45) is 3.55. The standard InChI is InChI=1S/C24H23NO3/c1-24-12-11-22(26)25(2)21(24)9-5-17-13-15(3-7-19(17)24)16-4-8-20-18(14-16)6-10-23(27)28-20/h3-4,6-8,10,13-14,21H,5,9,11-12H2,1-2H3/t21-,24-/m1/s1. The highest BCUT2D eigenvalue weighted by molar-refractivity contribution is 5.83. The van der Waals surface area contributed by atoms with Crippen LogP contribution in [0.4, 0.5) is 0 Å². The van der Waals surface area contributed by atoms with E-state index < -0.39 is 0 Å². The van der Waals surface area contributed by atoms with Gasteiger partial charge in [0.05, 0.1) is 0 Å². The lowest BCUT2D eigenvalue weighted by Crippen LogP contribution is -2.56. The van der Waals surface area contributed by atoms with E-state index in [1.54, 1.807) is 0 Å². The topological polar surface area (TPSA) is 50.5 Å². The van der Waals surface area contributed by atoms with Gasteiger partial charge in [0.2, 0.25) is 5.91 Å². The molecule has 4 heteroatoms. The number of carbonyl (C=O) groups excluding carboxylic acids is 1. The van der Waals surface area contributed by atoms with Crippen LogP contribution in [-0.2, 0) is 16.6 Å². The Bertz CT molecular complexity index is 1160. The lowest BCUT2D eigenvalue weighted by atomic mass is 9.63. The molecule has 4 nitrogen and oxygen atoms in total. The summed E-state index contributed by atoms with van der Waals surface area (Å²) in [5.74, 6) is 0.269. The summed E-state index contributed by atoms with van der Waals surface area (Å²) in [4.78, 5) is 25.5. The number of aryl methyl sites for hydroxylation is 1. The minimum Gasteiger partial charge on any atom is -0.423 e. The molecule has 0 unspecified atom stereocenters. The fraction of sp³-hybridized carbons (Fsp3) is 0.333. The van der Waals surface area contributed by atoms with E-state index in [0.717, 1.165) is 30.2 Å². The first kappa shape index (κ1) is 17.2. The molecular formula is C24H23NO3. The number of benzene rings is 2. The number of fused-ring (bicyclic) bond motifs is 4. The van der Waals surface area contributed by atoms with E-state index in [2.05, 4.69) is 31.2 Å². The molecule has 142 valence electrons. The third-order valence-electron chi connectivity index (χ3n) is 6.81. The molecule has 0 bridgehead atoms. The molecule has 5 rings (SSSR count). The summed E-state index contributed by atoms with van der Waals surface area (Å²) in [5.41, 5.74) is 5.38. The maximum Gasteiger partial charge on any atom is 0.336 e. The average Bonchev–Trinajstić information content (AvgIpc) is 2.70. The number of piperidine rings is 1. The van der Waals surface area contributed by atoms with Crippen LogP contribution >= 0.6 is 0 Å². The zero-order valence-electron chi connectivity index (χ0n) is 16.2. The van der Waals surface area contributed by atoms with E-state index >= 15 is 0 Å². The Kier molecular flexibility index (Phi) is 3.73. The van der Waals surface area contributed by atoms with Crippen LogP contribution in [-0.4, -0.2) is 23.9 Å². The second-order valence-corrected chi connectivity index (χ2v) is 8.36. The van der Waals surface area contributed by atoms with Crippen LogP contribution in [0.3, 0.4) is 0 Å². The minimum absolute atomic E-state index is 0.0293. The highest BCUT2D eigenvalue weighted by Crippen LogP contribution is 2.46. The molecule has 1 aliphatic heterocycles. The molecule has 2 aliphatic rings. The quantitative estimate of drug-likeness (QED) is 0.598. The number of likely N-dealkylation sites (tertiary alicyclic amines) is 1. The second kappa shape index (κ2) is 6.06. The van der Waals surface area contributed by atoms with Crippen molar-refractivity contribution >= 4 is 16.9 Å². The Balaban J connectivity index is 1.56. The fourth-order valence-corrected chi connectivity index (χ4v) is 5.22. The number of amides is 1. The molecule has 3 aromatic rings. The first-order valence-corrected chi connectivity index (χ1v) is 9.89. The van der Waals surface area contributed by atoms with Crippen LogP contribution in [0.5, 0.6) is 0 Å². The molecule has 0 radical (unpaired) electrons. The van der Waals surface area contributed by atoms with Gasteiger partial charge in [0, 0.05) is 36.4 Å². The van der Waals surface area contributed by atoms with E-state index in [-0.39, 0.29) is 23.0 Å². The largest absolute Gasteiger partial charge is 0.423 e. The van der Waals surface area contributed by atoms with Gasteiger partial charge in [-0.15, -0.1) is 0 Å². The fourth-order valence-electron chi connectivity index (χ4n) is 5.22. The van der Waals surface area contributed by atoms with Crippen LogP contribution in [0.25, 0.3) is 22.1 Å². The van der Waals surface area contributed by atoms with Gasteiger partial charge in [-0.2, -0.15) is 0 Å². The van der Waals surface area contributed by atoms with Gasteiger partial charge >= 0.3 is 5.63 Å². The van der Waals surface area contributed by atoms with Gasteiger partial charge < -0.3 is 9.32 Å². The van der Waals surface area contributed by atoms with Crippen molar-refractivity contribution in [1.29, 1.82) is 0 Å². The predicted octanol–water partition coefficient (Wildman–Crippen LogP) is 4.28. The maximum atomic E-state index is 12.2. The van der Waals surface area contributed by atoms with Gasteiger partial charge in [-0.25, -0.2) is 4.79 Å². The molecule has 1 saturated heterocycles. The number of carbonyl (C=O) groups is 1. The Morgan fingerprint density at radius 2 is 1.79 bits per heavy atom.